The molecule has 2 nitrogen and oxygen atoms in total. The highest BCUT2D eigenvalue weighted by atomic mass is 19.1. The first-order valence-electron chi connectivity index (χ1n) is 8.64. The van der Waals surface area contributed by atoms with Crippen LogP contribution in [0.5, 0.6) is 0 Å². The van der Waals surface area contributed by atoms with Gasteiger partial charge in [0.1, 0.15) is 17.5 Å². The Morgan fingerprint density at radius 1 is 0.852 bits per heavy atom. The predicted octanol–water partition coefficient (Wildman–Crippen LogP) is 4.89. The first kappa shape index (κ1) is 17.3. The van der Waals surface area contributed by atoms with E-state index in [1.165, 1.54) is 11.0 Å². The lowest BCUT2D eigenvalue weighted by Gasteiger charge is -2.38. The van der Waals surface area contributed by atoms with Crippen molar-refractivity contribution in [1.29, 1.82) is 0 Å². The number of halogens is 3. The lowest BCUT2D eigenvalue weighted by Crippen LogP contribution is -2.41. The number of benzene rings is 3. The molecule has 136 valence electrons. The number of carbonyl (C=O) groups is 1. The zero-order valence-electron chi connectivity index (χ0n) is 14.3. The van der Waals surface area contributed by atoms with Gasteiger partial charge in [-0.25, -0.2) is 13.2 Å². The van der Waals surface area contributed by atoms with E-state index < -0.39 is 29.4 Å². The van der Waals surface area contributed by atoms with Crippen LogP contribution in [-0.2, 0) is 6.42 Å². The molecule has 0 aliphatic carbocycles. The van der Waals surface area contributed by atoms with Crippen LogP contribution in [0.1, 0.15) is 33.1 Å². The first-order chi connectivity index (χ1) is 13.1. The average molecular weight is 367 g/mol. The summed E-state index contributed by atoms with van der Waals surface area (Å²) in [5, 5.41) is 0. The molecule has 0 fully saturated rings. The van der Waals surface area contributed by atoms with Gasteiger partial charge in [0.2, 0.25) is 0 Å². The topological polar surface area (TPSA) is 20.3 Å². The zero-order valence-corrected chi connectivity index (χ0v) is 14.3. The van der Waals surface area contributed by atoms with Crippen molar-refractivity contribution in [1.82, 2.24) is 4.90 Å². The van der Waals surface area contributed by atoms with Gasteiger partial charge in [0.25, 0.3) is 5.91 Å². The lowest BCUT2D eigenvalue weighted by atomic mass is 9.87. The summed E-state index contributed by atoms with van der Waals surface area (Å²) in [7, 11) is 0. The molecule has 0 saturated heterocycles. The highest BCUT2D eigenvalue weighted by Crippen LogP contribution is 2.37. The minimum atomic E-state index is -0.925. The Balaban J connectivity index is 1.84. The molecule has 5 heteroatoms. The maximum atomic E-state index is 14.6. The number of nitrogens with zero attached hydrogens (tertiary/aromatic N) is 1. The largest absolute Gasteiger partial charge is 0.327 e. The SMILES string of the molecule is O=C(c1ccc(F)cc1F)N1CCc2ccccc2[C@H]1c1ccccc1F. The molecule has 0 aromatic heterocycles. The van der Waals surface area contributed by atoms with E-state index >= 15 is 0 Å². The van der Waals surface area contributed by atoms with Crippen molar-refractivity contribution in [3.63, 3.8) is 0 Å². The predicted molar refractivity (Wildman–Crippen MR) is 95.8 cm³/mol. The van der Waals surface area contributed by atoms with Crippen LogP contribution in [0.15, 0.2) is 66.7 Å². The summed E-state index contributed by atoms with van der Waals surface area (Å²) in [5.41, 5.74) is 1.96. The minimum absolute atomic E-state index is 0.225. The molecule has 0 N–H and O–H groups in total. The fourth-order valence-corrected chi connectivity index (χ4v) is 3.64. The van der Waals surface area contributed by atoms with Crippen LogP contribution >= 0.6 is 0 Å². The smallest absolute Gasteiger partial charge is 0.257 e. The van der Waals surface area contributed by atoms with Gasteiger partial charge in [0.15, 0.2) is 0 Å². The van der Waals surface area contributed by atoms with Crippen molar-refractivity contribution < 1.29 is 18.0 Å². The van der Waals surface area contributed by atoms with E-state index in [0.29, 0.717) is 24.6 Å². The molecule has 0 unspecified atom stereocenters. The summed E-state index contributed by atoms with van der Waals surface area (Å²) in [4.78, 5) is 14.5. The Morgan fingerprint density at radius 2 is 1.56 bits per heavy atom. The molecule has 4 rings (SSSR count). The van der Waals surface area contributed by atoms with Gasteiger partial charge in [-0.15, -0.1) is 0 Å². The lowest BCUT2D eigenvalue weighted by molar-refractivity contribution is 0.0687. The molecule has 0 radical (unpaired) electrons. The third kappa shape index (κ3) is 3.10. The van der Waals surface area contributed by atoms with Gasteiger partial charge in [0, 0.05) is 18.2 Å². The van der Waals surface area contributed by atoms with Crippen LogP contribution in [0.4, 0.5) is 13.2 Å². The Kier molecular flexibility index (Phi) is 4.44. The number of hydrogen-bond acceptors (Lipinski definition) is 1. The minimum Gasteiger partial charge on any atom is -0.327 e. The first-order valence-corrected chi connectivity index (χ1v) is 8.64. The van der Waals surface area contributed by atoms with Gasteiger partial charge in [0.05, 0.1) is 11.6 Å². The van der Waals surface area contributed by atoms with Crippen LogP contribution in [0.2, 0.25) is 0 Å². The van der Waals surface area contributed by atoms with E-state index in [-0.39, 0.29) is 5.56 Å². The van der Waals surface area contributed by atoms with E-state index in [1.807, 2.05) is 24.3 Å². The van der Waals surface area contributed by atoms with Crippen molar-refractivity contribution in [2.75, 3.05) is 6.54 Å². The quantitative estimate of drug-likeness (QED) is 0.631. The van der Waals surface area contributed by atoms with Gasteiger partial charge in [-0.05, 0) is 35.7 Å². The third-order valence-corrected chi connectivity index (χ3v) is 4.91. The molecule has 0 bridgehead atoms. The Bertz CT molecular complexity index is 1020. The summed E-state index contributed by atoms with van der Waals surface area (Å²) >= 11 is 0. The van der Waals surface area contributed by atoms with Gasteiger partial charge in [-0.3, -0.25) is 4.79 Å². The maximum Gasteiger partial charge on any atom is 0.257 e. The van der Waals surface area contributed by atoms with Crippen molar-refractivity contribution in [3.8, 4) is 0 Å². The summed E-state index contributed by atoms with van der Waals surface area (Å²) in [6, 6.07) is 16.0. The normalized spacial score (nSPS) is 16.1. The summed E-state index contributed by atoms with van der Waals surface area (Å²) in [6.45, 7) is 0.311. The molecule has 1 heterocycles. The highest BCUT2D eigenvalue weighted by Gasteiger charge is 2.34. The monoisotopic (exact) mass is 367 g/mol. The second-order valence-corrected chi connectivity index (χ2v) is 6.50. The van der Waals surface area contributed by atoms with E-state index in [1.54, 1.807) is 18.2 Å². The van der Waals surface area contributed by atoms with Crippen LogP contribution < -0.4 is 0 Å². The second-order valence-electron chi connectivity index (χ2n) is 6.50. The summed E-state index contributed by atoms with van der Waals surface area (Å²) in [6.07, 6.45) is 0.579. The molecule has 0 saturated carbocycles. The number of rotatable bonds is 2. The average Bonchev–Trinajstić information content (AvgIpc) is 2.67. The van der Waals surface area contributed by atoms with Gasteiger partial charge in [-0.2, -0.15) is 0 Å². The van der Waals surface area contributed by atoms with E-state index in [0.717, 1.165) is 23.3 Å². The van der Waals surface area contributed by atoms with Crippen molar-refractivity contribution in [2.45, 2.75) is 12.5 Å². The highest BCUT2D eigenvalue weighted by molar-refractivity contribution is 5.95. The fraction of sp³-hybridized carbons (Fsp3) is 0.136. The molecular weight excluding hydrogens is 351 g/mol. The molecular formula is C22H16F3NO. The van der Waals surface area contributed by atoms with Gasteiger partial charge in [-0.1, -0.05) is 42.5 Å². The van der Waals surface area contributed by atoms with Crippen molar-refractivity contribution in [3.05, 3.63) is 106 Å². The Labute approximate surface area is 154 Å². The summed E-state index contributed by atoms with van der Waals surface area (Å²) < 4.78 is 42.0. The van der Waals surface area contributed by atoms with Crippen LogP contribution in [0.3, 0.4) is 0 Å². The van der Waals surface area contributed by atoms with E-state index in [4.69, 9.17) is 0 Å². The Hall–Kier alpha value is -3.08. The molecule has 27 heavy (non-hydrogen) atoms. The molecule has 3 aromatic rings. The van der Waals surface area contributed by atoms with E-state index in [9.17, 15) is 18.0 Å². The molecule has 1 atom stereocenters. The van der Waals surface area contributed by atoms with Gasteiger partial charge >= 0.3 is 0 Å². The van der Waals surface area contributed by atoms with Gasteiger partial charge < -0.3 is 4.90 Å². The number of fused-ring (bicyclic) bond motifs is 1. The fourth-order valence-electron chi connectivity index (χ4n) is 3.64. The number of carbonyl (C=O) groups excluding carboxylic acids is 1. The Morgan fingerprint density at radius 3 is 2.30 bits per heavy atom. The van der Waals surface area contributed by atoms with Crippen LogP contribution in [0, 0.1) is 17.5 Å². The second kappa shape index (κ2) is 6.91. The molecule has 0 spiro atoms. The maximum absolute atomic E-state index is 14.6. The standard InChI is InChI=1S/C22H16F3NO/c23-15-9-10-18(20(25)13-15)22(27)26-12-11-14-5-1-2-6-16(14)21(26)17-7-3-4-8-19(17)24/h1-10,13,21H,11-12H2/t21-/m0/s1. The van der Waals surface area contributed by atoms with E-state index in [2.05, 4.69) is 0 Å². The zero-order chi connectivity index (χ0) is 19.0. The van der Waals surface area contributed by atoms with Crippen molar-refractivity contribution in [2.24, 2.45) is 0 Å². The molecule has 1 aliphatic rings. The number of amides is 1. The number of hydrogen-bond donors (Lipinski definition) is 0. The molecule has 1 aliphatic heterocycles. The summed E-state index contributed by atoms with van der Waals surface area (Å²) in [5.74, 6) is -2.70. The van der Waals surface area contributed by atoms with Crippen LogP contribution in [0.25, 0.3) is 0 Å². The van der Waals surface area contributed by atoms with Crippen molar-refractivity contribution >= 4 is 5.91 Å². The van der Waals surface area contributed by atoms with Crippen LogP contribution in [-0.4, -0.2) is 17.4 Å². The third-order valence-electron chi connectivity index (χ3n) is 4.91. The molecule has 1 amide bonds. The molecule has 3 aromatic carbocycles.